The minimum absolute atomic E-state index is 0.0643. The van der Waals surface area contributed by atoms with Gasteiger partial charge in [-0.25, -0.2) is 15.0 Å². The molecule has 1 saturated heterocycles. The summed E-state index contributed by atoms with van der Waals surface area (Å²) in [5.74, 6) is 1.30. The second-order valence-electron chi connectivity index (χ2n) is 7.96. The van der Waals surface area contributed by atoms with Crippen LogP contribution in [0.25, 0.3) is 0 Å². The number of piperazine rings is 1. The second-order valence-corrected chi connectivity index (χ2v) is 7.96. The van der Waals surface area contributed by atoms with Gasteiger partial charge in [-0.05, 0) is 19.7 Å². The number of alkyl halides is 3. The summed E-state index contributed by atoms with van der Waals surface area (Å²) in [5.41, 5.74) is 1.01. The summed E-state index contributed by atoms with van der Waals surface area (Å²) in [5, 5.41) is 18.3. The fourth-order valence-corrected chi connectivity index (χ4v) is 3.31. The van der Waals surface area contributed by atoms with Crippen LogP contribution in [0.4, 0.5) is 36.4 Å². The normalized spacial score (nSPS) is 14.3. The first-order valence-electron chi connectivity index (χ1n) is 11.3. The summed E-state index contributed by atoms with van der Waals surface area (Å²) in [7, 11) is 1.89. The van der Waals surface area contributed by atoms with E-state index in [9.17, 15) is 13.2 Å². The molecule has 0 atom stereocenters. The molecule has 0 bridgehead atoms. The van der Waals surface area contributed by atoms with Crippen LogP contribution in [0, 0.1) is 5.41 Å². The van der Waals surface area contributed by atoms with Crippen molar-refractivity contribution in [2.24, 2.45) is 0 Å². The SMILES string of the molecule is CCN(C)CC(=N)c1nc(N2CCNCC2)nc(Nc2ccncn2)c1NCCOCC(F)(F)F. The van der Waals surface area contributed by atoms with Crippen molar-refractivity contribution < 1.29 is 17.9 Å². The van der Waals surface area contributed by atoms with Crippen LogP contribution in [0.2, 0.25) is 0 Å². The molecule has 1 aliphatic heterocycles. The van der Waals surface area contributed by atoms with Gasteiger partial charge >= 0.3 is 6.18 Å². The predicted octanol–water partition coefficient (Wildman–Crippen LogP) is 1.73. The number of ether oxygens (including phenoxy) is 1. The molecular weight excluding hydrogens is 465 g/mol. The summed E-state index contributed by atoms with van der Waals surface area (Å²) in [4.78, 5) is 21.5. The van der Waals surface area contributed by atoms with Crippen LogP contribution >= 0.6 is 0 Å². The van der Waals surface area contributed by atoms with Crippen molar-refractivity contribution in [2.75, 3.05) is 81.6 Å². The molecule has 0 radical (unpaired) electrons. The van der Waals surface area contributed by atoms with E-state index in [1.54, 1.807) is 12.3 Å². The van der Waals surface area contributed by atoms with Crippen LogP contribution in [0.5, 0.6) is 0 Å². The van der Waals surface area contributed by atoms with E-state index in [0.717, 1.165) is 19.6 Å². The van der Waals surface area contributed by atoms with E-state index in [2.05, 4.69) is 25.9 Å². The third-order valence-electron chi connectivity index (χ3n) is 5.19. The Hall–Kier alpha value is -3.10. The largest absolute Gasteiger partial charge is 0.411 e. The van der Waals surface area contributed by atoms with Gasteiger partial charge in [0.25, 0.3) is 0 Å². The van der Waals surface area contributed by atoms with Gasteiger partial charge in [0.1, 0.15) is 30.1 Å². The highest BCUT2D eigenvalue weighted by atomic mass is 19.4. The zero-order valence-corrected chi connectivity index (χ0v) is 19.8. The Kier molecular flexibility index (Phi) is 9.51. The Morgan fingerprint density at radius 2 is 2.06 bits per heavy atom. The van der Waals surface area contributed by atoms with Crippen LogP contribution in [-0.4, -0.2) is 103 Å². The Morgan fingerprint density at radius 3 is 2.71 bits per heavy atom. The first-order chi connectivity index (χ1) is 16.8. The minimum atomic E-state index is -4.40. The Labute approximate surface area is 202 Å². The maximum Gasteiger partial charge on any atom is 0.411 e. The molecular formula is C21H31F3N10O. The minimum Gasteiger partial charge on any atom is -0.378 e. The van der Waals surface area contributed by atoms with Gasteiger partial charge in [-0.2, -0.15) is 18.2 Å². The molecule has 2 aromatic heterocycles. The molecule has 1 aliphatic rings. The summed E-state index contributed by atoms with van der Waals surface area (Å²) in [6, 6.07) is 1.67. The summed E-state index contributed by atoms with van der Waals surface area (Å²) >= 11 is 0. The first-order valence-corrected chi connectivity index (χ1v) is 11.3. The van der Waals surface area contributed by atoms with Crippen molar-refractivity contribution in [3.8, 4) is 0 Å². The smallest absolute Gasteiger partial charge is 0.378 e. The molecule has 0 unspecified atom stereocenters. The predicted molar refractivity (Wildman–Crippen MR) is 128 cm³/mol. The van der Waals surface area contributed by atoms with E-state index in [-0.39, 0.29) is 18.9 Å². The van der Waals surface area contributed by atoms with E-state index in [1.165, 1.54) is 6.33 Å². The van der Waals surface area contributed by atoms with Crippen molar-refractivity contribution in [1.82, 2.24) is 30.2 Å². The molecule has 14 heteroatoms. The molecule has 0 spiro atoms. The number of aromatic nitrogens is 4. The van der Waals surface area contributed by atoms with Gasteiger partial charge in [-0.1, -0.05) is 6.92 Å². The molecule has 3 rings (SSSR count). The van der Waals surface area contributed by atoms with Crippen molar-refractivity contribution >= 4 is 29.0 Å². The quantitative estimate of drug-likeness (QED) is 0.255. The maximum absolute atomic E-state index is 12.4. The molecule has 0 aromatic carbocycles. The number of hydrogen-bond acceptors (Lipinski definition) is 11. The third kappa shape index (κ3) is 8.26. The number of rotatable bonds is 12. The molecule has 4 N–H and O–H groups in total. The molecule has 3 heterocycles. The highest BCUT2D eigenvalue weighted by molar-refractivity contribution is 6.05. The lowest BCUT2D eigenvalue weighted by atomic mass is 10.2. The molecule has 1 fully saturated rings. The number of halogens is 3. The average Bonchev–Trinajstić information content (AvgIpc) is 2.84. The molecule has 11 nitrogen and oxygen atoms in total. The lowest BCUT2D eigenvalue weighted by molar-refractivity contribution is -0.172. The van der Waals surface area contributed by atoms with Gasteiger partial charge in [-0.15, -0.1) is 0 Å². The molecule has 2 aromatic rings. The van der Waals surface area contributed by atoms with E-state index in [1.807, 2.05) is 23.8 Å². The molecule has 0 aliphatic carbocycles. The van der Waals surface area contributed by atoms with Crippen LogP contribution in [0.15, 0.2) is 18.6 Å². The number of likely N-dealkylation sites (N-methyl/N-ethyl adjacent to an activating group) is 1. The van der Waals surface area contributed by atoms with Crippen LogP contribution in [0.1, 0.15) is 12.6 Å². The first kappa shape index (κ1) is 26.5. The van der Waals surface area contributed by atoms with Crippen molar-refractivity contribution in [3.63, 3.8) is 0 Å². The average molecular weight is 497 g/mol. The van der Waals surface area contributed by atoms with Crippen LogP contribution in [-0.2, 0) is 4.74 Å². The van der Waals surface area contributed by atoms with E-state index in [4.69, 9.17) is 20.1 Å². The molecule has 0 amide bonds. The zero-order chi connectivity index (χ0) is 25.3. The molecule has 192 valence electrons. The lowest BCUT2D eigenvalue weighted by Gasteiger charge is -2.29. The fraction of sp³-hybridized carbons (Fsp3) is 0.571. The Morgan fingerprint density at radius 1 is 1.29 bits per heavy atom. The maximum atomic E-state index is 12.4. The van der Waals surface area contributed by atoms with E-state index in [0.29, 0.717) is 48.6 Å². The number of nitrogens with one attached hydrogen (secondary N) is 4. The standard InChI is InChI=1S/C21H31F3N10O/c1-3-33(2)12-15(25)17-18(28-8-11-35-13-21(22,23)24)19(30-16-4-5-27-14-29-16)32-20(31-17)34-9-6-26-7-10-34/h4-5,14,25-26,28H,3,6-13H2,1-2H3,(H,27,29,30,31,32). The monoisotopic (exact) mass is 496 g/mol. The summed E-state index contributed by atoms with van der Waals surface area (Å²) < 4.78 is 42.0. The number of anilines is 4. The van der Waals surface area contributed by atoms with Gasteiger partial charge in [0.15, 0.2) is 5.82 Å². The fourth-order valence-electron chi connectivity index (χ4n) is 3.31. The van der Waals surface area contributed by atoms with E-state index < -0.39 is 12.8 Å². The highest BCUT2D eigenvalue weighted by Crippen LogP contribution is 2.29. The van der Waals surface area contributed by atoms with Crippen molar-refractivity contribution in [1.29, 1.82) is 5.41 Å². The van der Waals surface area contributed by atoms with Gasteiger partial charge < -0.3 is 35.9 Å². The highest BCUT2D eigenvalue weighted by Gasteiger charge is 2.27. The molecule has 35 heavy (non-hydrogen) atoms. The van der Waals surface area contributed by atoms with Crippen LogP contribution in [0.3, 0.4) is 0 Å². The lowest BCUT2D eigenvalue weighted by Crippen LogP contribution is -2.44. The topological polar surface area (TPSA) is 127 Å². The van der Waals surface area contributed by atoms with Crippen molar-refractivity contribution in [2.45, 2.75) is 13.1 Å². The summed E-state index contributed by atoms with van der Waals surface area (Å²) in [6.07, 6.45) is -1.44. The second kappa shape index (κ2) is 12.6. The van der Waals surface area contributed by atoms with Gasteiger partial charge in [-0.3, -0.25) is 0 Å². The van der Waals surface area contributed by atoms with Gasteiger partial charge in [0.2, 0.25) is 5.95 Å². The zero-order valence-electron chi connectivity index (χ0n) is 19.8. The van der Waals surface area contributed by atoms with Gasteiger partial charge in [0, 0.05) is 45.5 Å². The number of hydrogen-bond donors (Lipinski definition) is 4. The van der Waals surface area contributed by atoms with Crippen molar-refractivity contribution in [3.05, 3.63) is 24.3 Å². The Bertz CT molecular complexity index is 954. The van der Waals surface area contributed by atoms with E-state index >= 15 is 0 Å². The molecule has 0 saturated carbocycles. The van der Waals surface area contributed by atoms with Gasteiger partial charge in [0.05, 0.1) is 12.3 Å². The third-order valence-corrected chi connectivity index (χ3v) is 5.19. The van der Waals surface area contributed by atoms with Crippen LogP contribution < -0.4 is 20.9 Å². The number of nitrogens with zero attached hydrogens (tertiary/aromatic N) is 6. The Balaban J connectivity index is 1.94. The summed E-state index contributed by atoms with van der Waals surface area (Å²) in [6.45, 7) is 4.56.